The van der Waals surface area contributed by atoms with Crippen LogP contribution in [0.25, 0.3) is 21.9 Å². The quantitative estimate of drug-likeness (QED) is 0.187. The van der Waals surface area contributed by atoms with Crippen molar-refractivity contribution in [3.05, 3.63) is 186 Å². The number of rotatable bonds is 6. The van der Waals surface area contributed by atoms with Crippen molar-refractivity contribution in [3.63, 3.8) is 0 Å². The summed E-state index contributed by atoms with van der Waals surface area (Å²) in [7, 11) is -3.54. The summed E-state index contributed by atoms with van der Waals surface area (Å²) >= 11 is 0. The highest BCUT2D eigenvalue weighted by Gasteiger charge is 2.20. The summed E-state index contributed by atoms with van der Waals surface area (Å²) in [5, 5.41) is 2.47. The topological polar surface area (TPSA) is 37.4 Å². The zero-order chi connectivity index (χ0) is 31.1. The Morgan fingerprint density at radius 2 is 0.913 bits per heavy atom. The van der Waals surface area contributed by atoms with Crippen LogP contribution in [0.15, 0.2) is 174 Å². The van der Waals surface area contributed by atoms with Gasteiger partial charge in [0.1, 0.15) is 0 Å². The summed E-state index contributed by atoms with van der Waals surface area (Å²) in [5.74, 6) is 0. The van der Waals surface area contributed by atoms with Crippen LogP contribution in [0.4, 0.5) is 17.1 Å². The van der Waals surface area contributed by atoms with Crippen LogP contribution < -0.4 is 4.90 Å². The van der Waals surface area contributed by atoms with Gasteiger partial charge < -0.3 is 4.90 Å². The molecule has 4 heteroatoms. The van der Waals surface area contributed by atoms with Gasteiger partial charge >= 0.3 is 0 Å². The Balaban J connectivity index is 1.09. The molecule has 8 rings (SSSR count). The summed E-state index contributed by atoms with van der Waals surface area (Å²) in [6.07, 6.45) is 1.76. The van der Waals surface area contributed by atoms with Gasteiger partial charge in [0.25, 0.3) is 0 Å². The van der Waals surface area contributed by atoms with Crippen molar-refractivity contribution in [1.29, 1.82) is 0 Å². The summed E-state index contributed by atoms with van der Waals surface area (Å²) in [4.78, 5) is 2.92. The third-order valence-electron chi connectivity index (χ3n) is 8.95. The molecule has 0 N–H and O–H groups in total. The predicted octanol–water partition coefficient (Wildman–Crippen LogP) is 10.3. The van der Waals surface area contributed by atoms with E-state index >= 15 is 0 Å². The first-order valence-corrected chi connectivity index (χ1v) is 17.0. The molecule has 0 aromatic heterocycles. The molecule has 0 amide bonds. The van der Waals surface area contributed by atoms with Gasteiger partial charge in [0, 0.05) is 17.1 Å². The van der Waals surface area contributed by atoms with Gasteiger partial charge in [-0.05, 0) is 118 Å². The van der Waals surface area contributed by atoms with Gasteiger partial charge in [-0.15, -0.1) is 0 Å². The highest BCUT2D eigenvalue weighted by molar-refractivity contribution is 7.91. The van der Waals surface area contributed by atoms with Crippen LogP contribution in [0.2, 0.25) is 0 Å². The average Bonchev–Trinajstić information content (AvgIpc) is 3.11. The molecule has 7 aromatic carbocycles. The van der Waals surface area contributed by atoms with Gasteiger partial charge in [-0.1, -0.05) is 103 Å². The zero-order valence-electron chi connectivity index (χ0n) is 25.2. The molecule has 0 spiro atoms. The minimum absolute atomic E-state index is 0.306. The van der Waals surface area contributed by atoms with Crippen molar-refractivity contribution in [1.82, 2.24) is 0 Å². The lowest BCUT2D eigenvalue weighted by Gasteiger charge is -2.26. The predicted molar refractivity (Wildman–Crippen MR) is 188 cm³/mol. The smallest absolute Gasteiger partial charge is 0.206 e. The lowest BCUT2D eigenvalue weighted by Crippen LogP contribution is -2.10. The molecule has 0 aliphatic heterocycles. The molecule has 0 saturated heterocycles. The molecule has 222 valence electrons. The number of benzene rings is 7. The number of anilines is 3. The van der Waals surface area contributed by atoms with E-state index in [9.17, 15) is 8.42 Å². The van der Waals surface area contributed by atoms with Crippen molar-refractivity contribution in [2.75, 3.05) is 4.90 Å². The fraction of sp³-hybridized carbons (Fsp3) is 0.0476. The van der Waals surface area contributed by atoms with Crippen LogP contribution in [-0.2, 0) is 22.7 Å². The first-order valence-electron chi connectivity index (χ1n) is 15.5. The second-order valence-electron chi connectivity index (χ2n) is 11.8. The number of nitrogens with zero attached hydrogens (tertiary/aromatic N) is 1. The maximum absolute atomic E-state index is 13.1. The van der Waals surface area contributed by atoms with Crippen LogP contribution in [0, 0.1) is 0 Å². The van der Waals surface area contributed by atoms with Gasteiger partial charge in [0.15, 0.2) is 0 Å². The Kier molecular flexibility index (Phi) is 7.00. The van der Waals surface area contributed by atoms with E-state index in [1.165, 1.54) is 33.0 Å². The standard InChI is InChI=1S/C42H31NO2S/c44-46(45,41-14-8-3-9-15-41)42-22-19-30(20-23-42)31-16-17-32-25-36-28-37-29-40(21-18-33(37)26-35(36)27-34(32)24-31)43(38-10-4-1-5-11-38)39-12-6-2-7-13-39/h1-24,26,28-29H,25,27H2. The van der Waals surface area contributed by atoms with Crippen molar-refractivity contribution in [3.8, 4) is 11.1 Å². The SMILES string of the molecule is O=S(=O)(c1ccccc1)c1ccc(-c2ccc3c(c2)Cc2cc4ccc(N(c5ccccc5)c5ccccc5)cc4cc2C3)cc1. The Morgan fingerprint density at radius 1 is 0.391 bits per heavy atom. The molecule has 7 aromatic rings. The van der Waals surface area contributed by atoms with Crippen molar-refractivity contribution < 1.29 is 8.42 Å². The van der Waals surface area contributed by atoms with E-state index in [4.69, 9.17) is 0 Å². The van der Waals surface area contributed by atoms with E-state index in [0.29, 0.717) is 9.79 Å². The third kappa shape index (κ3) is 5.17. The molecule has 0 radical (unpaired) electrons. The lowest BCUT2D eigenvalue weighted by atomic mass is 9.83. The molecule has 0 fully saturated rings. The monoisotopic (exact) mass is 613 g/mol. The Morgan fingerprint density at radius 3 is 1.57 bits per heavy atom. The molecule has 0 atom stereocenters. The second kappa shape index (κ2) is 11.5. The van der Waals surface area contributed by atoms with Gasteiger partial charge in [-0.25, -0.2) is 8.42 Å². The summed E-state index contributed by atoms with van der Waals surface area (Å²) < 4.78 is 26.1. The van der Waals surface area contributed by atoms with E-state index in [-0.39, 0.29) is 0 Å². The maximum atomic E-state index is 13.1. The average molecular weight is 614 g/mol. The number of para-hydroxylation sites is 2. The maximum Gasteiger partial charge on any atom is 0.206 e. The normalized spacial score (nSPS) is 12.3. The van der Waals surface area contributed by atoms with Gasteiger partial charge in [0.2, 0.25) is 9.84 Å². The summed E-state index contributed by atoms with van der Waals surface area (Å²) in [5.41, 5.74) is 10.9. The minimum Gasteiger partial charge on any atom is -0.310 e. The molecule has 46 heavy (non-hydrogen) atoms. The fourth-order valence-corrected chi connectivity index (χ4v) is 7.85. The van der Waals surface area contributed by atoms with Gasteiger partial charge in [-0.3, -0.25) is 0 Å². The number of hydrogen-bond donors (Lipinski definition) is 0. The molecule has 3 nitrogen and oxygen atoms in total. The lowest BCUT2D eigenvalue weighted by molar-refractivity contribution is 0.596. The van der Waals surface area contributed by atoms with Gasteiger partial charge in [0.05, 0.1) is 9.79 Å². The molecule has 1 aliphatic rings. The summed E-state index contributed by atoms with van der Waals surface area (Å²) in [6, 6.07) is 55.0. The van der Waals surface area contributed by atoms with Crippen molar-refractivity contribution in [2.45, 2.75) is 22.6 Å². The van der Waals surface area contributed by atoms with Crippen LogP contribution in [0.1, 0.15) is 22.3 Å². The Labute approximate surface area is 270 Å². The highest BCUT2D eigenvalue weighted by atomic mass is 32.2. The van der Waals surface area contributed by atoms with E-state index in [0.717, 1.165) is 41.0 Å². The van der Waals surface area contributed by atoms with E-state index in [1.54, 1.807) is 36.4 Å². The Hall–Kier alpha value is -5.45. The summed E-state index contributed by atoms with van der Waals surface area (Å²) in [6.45, 7) is 0. The van der Waals surface area contributed by atoms with Crippen LogP contribution in [-0.4, -0.2) is 8.42 Å². The van der Waals surface area contributed by atoms with Crippen molar-refractivity contribution >= 4 is 37.7 Å². The number of fused-ring (bicyclic) bond motifs is 3. The van der Waals surface area contributed by atoms with Crippen LogP contribution >= 0.6 is 0 Å². The van der Waals surface area contributed by atoms with Crippen LogP contribution in [0.5, 0.6) is 0 Å². The number of hydrogen-bond acceptors (Lipinski definition) is 3. The third-order valence-corrected chi connectivity index (χ3v) is 10.7. The van der Waals surface area contributed by atoms with E-state index in [2.05, 4.69) is 114 Å². The minimum atomic E-state index is -3.54. The first kappa shape index (κ1) is 28.1. The van der Waals surface area contributed by atoms with Gasteiger partial charge in [-0.2, -0.15) is 0 Å². The zero-order valence-corrected chi connectivity index (χ0v) is 26.0. The highest BCUT2D eigenvalue weighted by Crippen LogP contribution is 2.38. The molecule has 0 heterocycles. The molecule has 0 bridgehead atoms. The first-order chi connectivity index (χ1) is 22.5. The van der Waals surface area contributed by atoms with Crippen molar-refractivity contribution in [2.24, 2.45) is 0 Å². The van der Waals surface area contributed by atoms with E-state index in [1.807, 2.05) is 18.2 Å². The molecular formula is C42H31NO2S. The molecule has 0 saturated carbocycles. The number of sulfone groups is 1. The second-order valence-corrected chi connectivity index (χ2v) is 13.8. The molecule has 0 unspecified atom stereocenters. The van der Waals surface area contributed by atoms with E-state index < -0.39 is 9.84 Å². The Bertz CT molecular complexity index is 2260. The van der Waals surface area contributed by atoms with Crippen LogP contribution in [0.3, 0.4) is 0 Å². The molecular weight excluding hydrogens is 583 g/mol. The largest absolute Gasteiger partial charge is 0.310 e. The molecule has 1 aliphatic carbocycles. The fourth-order valence-electron chi connectivity index (χ4n) is 6.56.